The van der Waals surface area contributed by atoms with Crippen LogP contribution in [0.1, 0.15) is 37.8 Å². The number of hydrogen-bond donors (Lipinski definition) is 4. The molecule has 8 heteroatoms. The Labute approximate surface area is 182 Å². The van der Waals surface area contributed by atoms with Gasteiger partial charge in [0.2, 0.25) is 0 Å². The summed E-state index contributed by atoms with van der Waals surface area (Å²) in [7, 11) is 1.70. The Hall–Kier alpha value is -2.81. The van der Waals surface area contributed by atoms with Gasteiger partial charge in [0.1, 0.15) is 11.5 Å². The minimum absolute atomic E-state index is 0.141. The summed E-state index contributed by atoms with van der Waals surface area (Å²) >= 11 is 0. The van der Waals surface area contributed by atoms with Gasteiger partial charge in [-0.1, -0.05) is 12.1 Å². The average molecular weight is 425 g/mol. The van der Waals surface area contributed by atoms with Crippen molar-refractivity contribution in [2.24, 2.45) is 23.2 Å². The van der Waals surface area contributed by atoms with Crippen molar-refractivity contribution >= 4 is 27.6 Å². The number of aliphatic hydroxyl groups is 1. The summed E-state index contributed by atoms with van der Waals surface area (Å²) < 4.78 is 7.85. The molecule has 4 rings (SSSR count). The predicted octanol–water partition coefficient (Wildman–Crippen LogP) is 2.19. The number of rotatable bonds is 5. The monoisotopic (exact) mass is 424 g/mol. The second-order valence-corrected chi connectivity index (χ2v) is 8.96. The molecule has 0 aliphatic carbocycles. The highest BCUT2D eigenvalue weighted by atomic mass is 16.5. The fourth-order valence-electron chi connectivity index (χ4n) is 4.42. The lowest BCUT2D eigenvalue weighted by Gasteiger charge is -2.24. The summed E-state index contributed by atoms with van der Waals surface area (Å²) in [5.41, 5.74) is 16.0. The molecule has 0 radical (unpaired) electrons. The molecule has 3 heterocycles. The van der Waals surface area contributed by atoms with Crippen molar-refractivity contribution < 1.29 is 9.84 Å². The maximum atomic E-state index is 10.6. The highest BCUT2D eigenvalue weighted by Crippen LogP contribution is 2.34. The van der Waals surface area contributed by atoms with E-state index in [4.69, 9.17) is 27.0 Å². The van der Waals surface area contributed by atoms with Gasteiger partial charge in [-0.15, -0.1) is 0 Å². The summed E-state index contributed by atoms with van der Waals surface area (Å²) in [4.78, 5) is 4.77. The molecule has 166 valence electrons. The normalized spacial score (nSPS) is 15.5. The number of nitrogens with two attached hydrogens (primary N) is 3. The van der Waals surface area contributed by atoms with Crippen LogP contribution in [0.3, 0.4) is 0 Å². The van der Waals surface area contributed by atoms with Gasteiger partial charge in [-0.25, -0.2) is 5.84 Å². The van der Waals surface area contributed by atoms with Gasteiger partial charge in [0.25, 0.3) is 0 Å². The lowest BCUT2D eigenvalue weighted by atomic mass is 9.97. The molecule has 0 spiro atoms. The highest BCUT2D eigenvalue weighted by Gasteiger charge is 2.22. The number of benzene rings is 1. The van der Waals surface area contributed by atoms with Crippen molar-refractivity contribution in [3.8, 4) is 0 Å². The molecule has 2 aromatic heterocycles. The molecule has 1 aliphatic heterocycles. The summed E-state index contributed by atoms with van der Waals surface area (Å²) in [5, 5.41) is 13.0. The number of aromatic nitrogens is 2. The molecule has 31 heavy (non-hydrogen) atoms. The third-order valence-electron chi connectivity index (χ3n) is 6.09. The Morgan fingerprint density at radius 1 is 1.23 bits per heavy atom. The molecule has 1 aromatic carbocycles. The van der Waals surface area contributed by atoms with E-state index in [1.54, 1.807) is 27.1 Å². The molecule has 8 nitrogen and oxygen atoms in total. The smallest absolute Gasteiger partial charge is 0.120 e. The van der Waals surface area contributed by atoms with E-state index in [0.29, 0.717) is 11.6 Å². The number of fused-ring (bicyclic) bond motifs is 3. The van der Waals surface area contributed by atoms with Gasteiger partial charge in [0, 0.05) is 44.0 Å². The molecule has 0 amide bonds. The first-order valence-corrected chi connectivity index (χ1v) is 10.6. The maximum Gasteiger partial charge on any atom is 0.120 e. The number of hydrazine groups is 1. The van der Waals surface area contributed by atoms with Gasteiger partial charge in [0.15, 0.2) is 0 Å². The van der Waals surface area contributed by atoms with Gasteiger partial charge < -0.3 is 30.9 Å². The van der Waals surface area contributed by atoms with E-state index in [2.05, 4.69) is 10.6 Å². The Morgan fingerprint density at radius 3 is 2.55 bits per heavy atom. The molecule has 1 fully saturated rings. The zero-order chi connectivity index (χ0) is 22.3. The van der Waals surface area contributed by atoms with E-state index in [1.165, 1.54) is 5.01 Å². The second-order valence-electron chi connectivity index (χ2n) is 8.96. The Bertz CT molecular complexity index is 1130. The van der Waals surface area contributed by atoms with Gasteiger partial charge in [0.05, 0.1) is 22.2 Å². The van der Waals surface area contributed by atoms with Crippen molar-refractivity contribution in [2.75, 3.05) is 20.3 Å². The van der Waals surface area contributed by atoms with Crippen LogP contribution in [-0.4, -0.2) is 39.9 Å². The van der Waals surface area contributed by atoms with Crippen molar-refractivity contribution in [3.05, 3.63) is 47.4 Å². The van der Waals surface area contributed by atoms with Gasteiger partial charge in [-0.2, -0.15) is 0 Å². The molecule has 0 bridgehead atoms. The average Bonchev–Trinajstić information content (AvgIpc) is 3.00. The van der Waals surface area contributed by atoms with Crippen LogP contribution in [-0.2, 0) is 16.9 Å². The summed E-state index contributed by atoms with van der Waals surface area (Å²) in [6, 6.07) is 8.12. The zero-order valence-corrected chi connectivity index (χ0v) is 18.4. The predicted molar refractivity (Wildman–Crippen MR) is 123 cm³/mol. The number of ether oxygens (including phenoxy) is 1. The minimum atomic E-state index is -0.932. The van der Waals surface area contributed by atoms with Crippen LogP contribution in [0.5, 0.6) is 0 Å². The standard InChI is InChI=1S/C23H32N6O2/c1-23(2,30)16-4-5-17-18(11-16)29(13-14-6-8-31-9-7-14)19-10-15(12-27-20(17)19)21(22(24)25)28(3)26/h4-5,10-12,14,30H,6-9,13,24-26H2,1-3H3. The molecule has 0 saturated carbocycles. The molecule has 0 unspecified atom stereocenters. The van der Waals surface area contributed by atoms with E-state index in [9.17, 15) is 5.11 Å². The van der Waals surface area contributed by atoms with Gasteiger partial charge in [-0.3, -0.25) is 4.98 Å². The summed E-state index contributed by atoms with van der Waals surface area (Å²) in [6.45, 7) is 6.02. The molecule has 1 aliphatic rings. The molecule has 0 atom stereocenters. The Morgan fingerprint density at radius 2 is 1.94 bits per heavy atom. The highest BCUT2D eigenvalue weighted by molar-refractivity contribution is 6.06. The number of pyridine rings is 1. The van der Waals surface area contributed by atoms with E-state index >= 15 is 0 Å². The van der Waals surface area contributed by atoms with Crippen molar-refractivity contribution in [1.82, 2.24) is 14.6 Å². The maximum absolute atomic E-state index is 10.6. The summed E-state index contributed by atoms with van der Waals surface area (Å²) in [5.74, 6) is 6.63. The van der Waals surface area contributed by atoms with E-state index < -0.39 is 5.60 Å². The van der Waals surface area contributed by atoms with Crippen LogP contribution < -0.4 is 17.3 Å². The zero-order valence-electron chi connectivity index (χ0n) is 18.4. The molecule has 1 saturated heterocycles. The van der Waals surface area contributed by atoms with Gasteiger partial charge >= 0.3 is 0 Å². The number of nitrogens with zero attached hydrogens (tertiary/aromatic N) is 3. The lowest BCUT2D eigenvalue weighted by molar-refractivity contribution is 0.0619. The topological polar surface area (TPSA) is 129 Å². The molecular weight excluding hydrogens is 392 g/mol. The van der Waals surface area contributed by atoms with Crippen LogP contribution in [0.25, 0.3) is 27.6 Å². The van der Waals surface area contributed by atoms with Crippen molar-refractivity contribution in [1.29, 1.82) is 0 Å². The van der Waals surface area contributed by atoms with Crippen LogP contribution >= 0.6 is 0 Å². The lowest BCUT2D eigenvalue weighted by Crippen LogP contribution is -2.29. The van der Waals surface area contributed by atoms with E-state index in [-0.39, 0.29) is 5.82 Å². The molecule has 7 N–H and O–H groups in total. The quantitative estimate of drug-likeness (QED) is 0.365. The molecular formula is C23H32N6O2. The van der Waals surface area contributed by atoms with E-state index in [0.717, 1.165) is 65.7 Å². The molecule has 3 aromatic rings. The Balaban J connectivity index is 1.95. The van der Waals surface area contributed by atoms with Crippen LogP contribution in [0.15, 0.2) is 36.3 Å². The van der Waals surface area contributed by atoms with Crippen LogP contribution in [0.2, 0.25) is 0 Å². The summed E-state index contributed by atoms with van der Waals surface area (Å²) in [6.07, 6.45) is 3.79. The first kappa shape index (κ1) is 21.4. The van der Waals surface area contributed by atoms with E-state index in [1.807, 2.05) is 18.2 Å². The third kappa shape index (κ3) is 4.06. The SMILES string of the molecule is CN(N)C(=C(N)N)c1cnc2c3ccc(C(C)(C)O)cc3n(CC3CCOCC3)c2c1. The third-order valence-corrected chi connectivity index (χ3v) is 6.09. The van der Waals surface area contributed by atoms with Crippen LogP contribution in [0.4, 0.5) is 0 Å². The van der Waals surface area contributed by atoms with Gasteiger partial charge in [-0.05, 0) is 50.3 Å². The van der Waals surface area contributed by atoms with Crippen molar-refractivity contribution in [3.63, 3.8) is 0 Å². The Kier molecular flexibility index (Phi) is 5.55. The van der Waals surface area contributed by atoms with Crippen LogP contribution in [0, 0.1) is 5.92 Å². The van der Waals surface area contributed by atoms with Crippen molar-refractivity contribution in [2.45, 2.75) is 38.8 Å². The first-order valence-electron chi connectivity index (χ1n) is 10.6. The second kappa shape index (κ2) is 8.03. The first-order chi connectivity index (χ1) is 14.7. The fourth-order valence-corrected chi connectivity index (χ4v) is 4.42. The minimum Gasteiger partial charge on any atom is -0.386 e. The number of hydrogen-bond acceptors (Lipinski definition) is 7. The fraction of sp³-hybridized carbons (Fsp3) is 0.435. The largest absolute Gasteiger partial charge is 0.386 e.